The second-order valence-corrected chi connectivity index (χ2v) is 7.92. The lowest BCUT2D eigenvalue weighted by molar-refractivity contribution is -0.131. The molecule has 3 aliphatic heterocycles. The minimum absolute atomic E-state index is 0.0564. The number of ether oxygens (including phenoxy) is 1. The summed E-state index contributed by atoms with van der Waals surface area (Å²) in [6.45, 7) is 2.18. The van der Waals surface area contributed by atoms with Gasteiger partial charge in [-0.3, -0.25) is 4.90 Å². The quantitative estimate of drug-likeness (QED) is 0.849. The van der Waals surface area contributed by atoms with Crippen molar-refractivity contribution in [2.24, 2.45) is 17.8 Å². The molecular weight excluding hydrogens is 290 g/mol. The molecule has 2 bridgehead atoms. The molecule has 1 aliphatic carbocycles. The Balaban J connectivity index is 1.35. The highest BCUT2D eigenvalue weighted by molar-refractivity contribution is 5.33. The number of aliphatic hydroxyl groups is 2. The standard InChI is InChI=1S/C19H25NO3/c21-10-13-7-17-18(22)15-8-20(9-16(15)19(13)23-17)14-5-11-3-1-2-4-12(11)6-14/h1-4,13-19,21-22H,5-10H2/t13-,15+,16-,17-,18+,19+/m0/s1. The molecule has 0 radical (unpaired) electrons. The monoisotopic (exact) mass is 315 g/mol. The molecule has 0 spiro atoms. The maximum atomic E-state index is 10.7. The van der Waals surface area contributed by atoms with Gasteiger partial charge in [-0.2, -0.15) is 0 Å². The maximum absolute atomic E-state index is 10.7. The van der Waals surface area contributed by atoms with Gasteiger partial charge in [0, 0.05) is 43.5 Å². The first kappa shape index (κ1) is 14.4. The van der Waals surface area contributed by atoms with Crippen LogP contribution in [-0.2, 0) is 17.6 Å². The van der Waals surface area contributed by atoms with Gasteiger partial charge in [-0.25, -0.2) is 0 Å². The van der Waals surface area contributed by atoms with Crippen LogP contribution in [0, 0.1) is 17.8 Å². The van der Waals surface area contributed by atoms with Gasteiger partial charge in [0.05, 0.1) is 18.3 Å². The normalized spacial score (nSPS) is 42.9. The number of likely N-dealkylation sites (tertiary alicyclic amines) is 1. The van der Waals surface area contributed by atoms with Gasteiger partial charge in [0.2, 0.25) is 0 Å². The molecule has 3 saturated heterocycles. The molecule has 3 heterocycles. The average molecular weight is 315 g/mol. The van der Waals surface area contributed by atoms with Crippen molar-refractivity contribution in [3.8, 4) is 0 Å². The third-order valence-electron chi connectivity index (χ3n) is 6.79. The van der Waals surface area contributed by atoms with E-state index in [0.717, 1.165) is 32.4 Å². The lowest BCUT2D eigenvalue weighted by atomic mass is 9.83. The Hall–Kier alpha value is -0.940. The first-order chi connectivity index (χ1) is 11.2. The van der Waals surface area contributed by atoms with Crippen LogP contribution in [0.1, 0.15) is 17.5 Å². The van der Waals surface area contributed by atoms with Crippen LogP contribution >= 0.6 is 0 Å². The van der Waals surface area contributed by atoms with Crippen LogP contribution in [0.2, 0.25) is 0 Å². The van der Waals surface area contributed by atoms with Crippen molar-refractivity contribution in [3.05, 3.63) is 35.4 Å². The summed E-state index contributed by atoms with van der Waals surface area (Å²) in [6.07, 6.45) is 2.81. The molecule has 0 unspecified atom stereocenters. The van der Waals surface area contributed by atoms with Gasteiger partial charge in [-0.15, -0.1) is 0 Å². The molecule has 6 atom stereocenters. The molecule has 0 aromatic heterocycles. The maximum Gasteiger partial charge on any atom is 0.0846 e. The fourth-order valence-electron chi connectivity index (χ4n) is 5.61. The number of rotatable bonds is 2. The van der Waals surface area contributed by atoms with Crippen molar-refractivity contribution < 1.29 is 14.9 Å². The molecule has 0 amide bonds. The van der Waals surface area contributed by atoms with Crippen LogP contribution in [-0.4, -0.2) is 59.2 Å². The third-order valence-corrected chi connectivity index (χ3v) is 6.79. The molecule has 124 valence electrons. The van der Waals surface area contributed by atoms with Crippen molar-refractivity contribution in [1.82, 2.24) is 4.90 Å². The van der Waals surface area contributed by atoms with Gasteiger partial charge in [0.1, 0.15) is 0 Å². The predicted octanol–water partition coefficient (Wildman–Crippen LogP) is 0.842. The molecule has 23 heavy (non-hydrogen) atoms. The van der Waals surface area contributed by atoms with E-state index in [1.807, 2.05) is 0 Å². The van der Waals surface area contributed by atoms with E-state index in [4.69, 9.17) is 4.74 Å². The smallest absolute Gasteiger partial charge is 0.0846 e. The summed E-state index contributed by atoms with van der Waals surface area (Å²) >= 11 is 0. The van der Waals surface area contributed by atoms with Gasteiger partial charge in [0.15, 0.2) is 0 Å². The molecule has 2 N–H and O–H groups in total. The summed E-state index contributed by atoms with van der Waals surface area (Å²) in [5, 5.41) is 20.3. The largest absolute Gasteiger partial charge is 0.396 e. The second kappa shape index (κ2) is 5.28. The molecule has 1 aromatic rings. The Morgan fingerprint density at radius 3 is 2.48 bits per heavy atom. The first-order valence-corrected chi connectivity index (χ1v) is 9.00. The Bertz CT molecular complexity index is 581. The van der Waals surface area contributed by atoms with Crippen LogP contribution < -0.4 is 0 Å². The van der Waals surface area contributed by atoms with E-state index in [2.05, 4.69) is 29.2 Å². The van der Waals surface area contributed by atoms with Crippen LogP contribution in [0.15, 0.2) is 24.3 Å². The SMILES string of the molecule is OC[C@@H]1C[C@@H]2O[C@H]1[C@H]1CN(C3Cc4ccccc4C3)C[C@H]1[C@H]2O. The number of nitrogens with zero attached hydrogens (tertiary/aromatic N) is 1. The predicted molar refractivity (Wildman–Crippen MR) is 86.1 cm³/mol. The van der Waals surface area contributed by atoms with E-state index in [9.17, 15) is 10.2 Å². The van der Waals surface area contributed by atoms with Crippen molar-refractivity contribution >= 4 is 0 Å². The van der Waals surface area contributed by atoms with E-state index in [-0.39, 0.29) is 30.8 Å². The van der Waals surface area contributed by atoms with Gasteiger partial charge in [-0.1, -0.05) is 24.3 Å². The van der Waals surface area contributed by atoms with E-state index in [1.54, 1.807) is 0 Å². The zero-order valence-electron chi connectivity index (χ0n) is 13.3. The molecule has 4 heteroatoms. The van der Waals surface area contributed by atoms with Crippen molar-refractivity contribution in [2.45, 2.75) is 43.6 Å². The Kier molecular flexibility index (Phi) is 3.31. The van der Waals surface area contributed by atoms with Gasteiger partial charge in [0.25, 0.3) is 0 Å². The van der Waals surface area contributed by atoms with Gasteiger partial charge < -0.3 is 14.9 Å². The van der Waals surface area contributed by atoms with E-state index in [1.165, 1.54) is 11.1 Å². The first-order valence-electron chi connectivity index (χ1n) is 9.00. The lowest BCUT2D eigenvalue weighted by Gasteiger charge is -2.36. The number of hydrogen-bond donors (Lipinski definition) is 2. The summed E-state index contributed by atoms with van der Waals surface area (Å²) in [4.78, 5) is 2.58. The summed E-state index contributed by atoms with van der Waals surface area (Å²) in [5.41, 5.74) is 2.97. The third kappa shape index (κ3) is 2.12. The Labute approximate surface area is 137 Å². The van der Waals surface area contributed by atoms with Crippen LogP contribution in [0.25, 0.3) is 0 Å². The van der Waals surface area contributed by atoms with Gasteiger partial charge >= 0.3 is 0 Å². The molecule has 4 nitrogen and oxygen atoms in total. The number of hydrogen-bond acceptors (Lipinski definition) is 4. The molecule has 4 aliphatic rings. The summed E-state index contributed by atoms with van der Waals surface area (Å²) in [7, 11) is 0. The summed E-state index contributed by atoms with van der Waals surface area (Å²) in [5.74, 6) is 0.911. The number of benzene rings is 1. The van der Waals surface area contributed by atoms with Crippen LogP contribution in [0.4, 0.5) is 0 Å². The van der Waals surface area contributed by atoms with E-state index >= 15 is 0 Å². The van der Waals surface area contributed by atoms with E-state index in [0.29, 0.717) is 17.9 Å². The number of aliphatic hydroxyl groups excluding tert-OH is 2. The minimum Gasteiger partial charge on any atom is -0.396 e. The van der Waals surface area contributed by atoms with Crippen molar-refractivity contribution in [1.29, 1.82) is 0 Å². The highest BCUT2D eigenvalue weighted by atomic mass is 16.5. The Morgan fingerprint density at radius 2 is 1.78 bits per heavy atom. The minimum atomic E-state index is -0.360. The second-order valence-electron chi connectivity index (χ2n) is 7.92. The van der Waals surface area contributed by atoms with Gasteiger partial charge in [-0.05, 0) is 30.4 Å². The van der Waals surface area contributed by atoms with Crippen LogP contribution in [0.5, 0.6) is 0 Å². The summed E-state index contributed by atoms with van der Waals surface area (Å²) in [6, 6.07) is 9.33. The van der Waals surface area contributed by atoms with Crippen molar-refractivity contribution in [3.63, 3.8) is 0 Å². The lowest BCUT2D eigenvalue weighted by Crippen LogP contribution is -2.46. The highest BCUT2D eigenvalue weighted by Gasteiger charge is 2.56. The Morgan fingerprint density at radius 1 is 1.09 bits per heavy atom. The van der Waals surface area contributed by atoms with Crippen molar-refractivity contribution in [2.75, 3.05) is 19.7 Å². The van der Waals surface area contributed by atoms with E-state index < -0.39 is 0 Å². The average Bonchev–Trinajstić information content (AvgIpc) is 3.27. The molecule has 3 fully saturated rings. The topological polar surface area (TPSA) is 52.9 Å². The zero-order valence-corrected chi connectivity index (χ0v) is 13.3. The zero-order chi connectivity index (χ0) is 15.6. The molecular formula is C19H25NO3. The molecule has 1 aromatic carbocycles. The molecule has 0 saturated carbocycles. The fraction of sp³-hybridized carbons (Fsp3) is 0.684. The summed E-state index contributed by atoms with van der Waals surface area (Å²) < 4.78 is 6.06. The fourth-order valence-corrected chi connectivity index (χ4v) is 5.61. The van der Waals surface area contributed by atoms with Crippen LogP contribution in [0.3, 0.4) is 0 Å². The molecule has 5 rings (SSSR count). The number of fused-ring (bicyclic) bond motifs is 5. The highest BCUT2D eigenvalue weighted by Crippen LogP contribution is 2.47.